The molecule has 0 fully saturated rings. The molecule has 98 valence electrons. The van der Waals surface area contributed by atoms with Gasteiger partial charge in [0, 0.05) is 6.42 Å². The van der Waals surface area contributed by atoms with Crippen molar-refractivity contribution in [2.45, 2.75) is 52.9 Å². The first kappa shape index (κ1) is 14.6. The van der Waals surface area contributed by atoms with Gasteiger partial charge in [-0.15, -0.1) is 11.8 Å². The molecule has 0 bridgehead atoms. The van der Waals surface area contributed by atoms with Crippen molar-refractivity contribution in [3.05, 3.63) is 29.3 Å². The van der Waals surface area contributed by atoms with Crippen LogP contribution < -0.4 is 4.74 Å². The molecular formula is C17H24O. The van der Waals surface area contributed by atoms with E-state index in [-0.39, 0.29) is 0 Å². The van der Waals surface area contributed by atoms with E-state index in [2.05, 4.69) is 50.8 Å². The van der Waals surface area contributed by atoms with Crippen molar-refractivity contribution in [2.24, 2.45) is 0 Å². The Labute approximate surface area is 112 Å². The van der Waals surface area contributed by atoms with Crippen LogP contribution in [0, 0.1) is 11.8 Å². The third kappa shape index (κ3) is 3.81. The van der Waals surface area contributed by atoms with E-state index in [1.807, 2.05) is 13.8 Å². The number of hydrogen-bond donors (Lipinski definition) is 0. The van der Waals surface area contributed by atoms with E-state index >= 15 is 0 Å². The van der Waals surface area contributed by atoms with Gasteiger partial charge in [-0.25, -0.2) is 0 Å². The Morgan fingerprint density at radius 1 is 1.22 bits per heavy atom. The van der Waals surface area contributed by atoms with Crippen molar-refractivity contribution < 1.29 is 4.74 Å². The Kier molecular flexibility index (Phi) is 5.78. The highest BCUT2D eigenvalue weighted by Gasteiger charge is 2.11. The van der Waals surface area contributed by atoms with Crippen LogP contribution in [0.2, 0.25) is 0 Å². The van der Waals surface area contributed by atoms with Gasteiger partial charge in [0.15, 0.2) is 0 Å². The Bertz CT molecular complexity index is 435. The monoisotopic (exact) mass is 244 g/mol. The molecule has 0 saturated carbocycles. The normalized spacial score (nSPS) is 11.9. The van der Waals surface area contributed by atoms with Crippen molar-refractivity contribution in [2.75, 3.05) is 6.61 Å². The molecule has 18 heavy (non-hydrogen) atoms. The molecule has 0 radical (unpaired) electrons. The van der Waals surface area contributed by atoms with E-state index in [0.29, 0.717) is 11.8 Å². The summed E-state index contributed by atoms with van der Waals surface area (Å²) < 4.78 is 5.69. The molecule has 1 heteroatoms. The zero-order valence-corrected chi connectivity index (χ0v) is 12.2. The predicted molar refractivity (Wildman–Crippen MR) is 78.2 cm³/mol. The van der Waals surface area contributed by atoms with Crippen LogP contribution >= 0.6 is 0 Å². The van der Waals surface area contributed by atoms with Gasteiger partial charge in [-0.05, 0) is 42.9 Å². The second-order valence-corrected chi connectivity index (χ2v) is 4.92. The third-order valence-electron chi connectivity index (χ3n) is 3.11. The first-order valence-electron chi connectivity index (χ1n) is 6.76. The van der Waals surface area contributed by atoms with Crippen LogP contribution in [-0.4, -0.2) is 6.61 Å². The van der Waals surface area contributed by atoms with Crippen LogP contribution in [0.1, 0.15) is 64.0 Å². The van der Waals surface area contributed by atoms with Crippen LogP contribution in [-0.2, 0) is 0 Å². The van der Waals surface area contributed by atoms with Crippen LogP contribution in [0.3, 0.4) is 0 Å². The molecule has 0 aliphatic carbocycles. The Balaban J connectivity index is 3.01. The molecule has 1 nitrogen and oxygen atoms in total. The quantitative estimate of drug-likeness (QED) is 0.681. The fourth-order valence-electron chi connectivity index (χ4n) is 1.98. The van der Waals surface area contributed by atoms with Gasteiger partial charge in [0.05, 0.1) is 6.61 Å². The predicted octanol–water partition coefficient (Wildman–Crippen LogP) is 4.73. The Hall–Kier alpha value is -1.42. The summed E-state index contributed by atoms with van der Waals surface area (Å²) in [7, 11) is 0. The summed E-state index contributed by atoms with van der Waals surface area (Å²) in [5, 5.41) is 0. The molecule has 1 atom stereocenters. The molecule has 1 unspecified atom stereocenters. The highest BCUT2D eigenvalue weighted by molar-refractivity contribution is 5.40. The molecule has 0 N–H and O–H groups in total. The maximum Gasteiger partial charge on any atom is 0.122 e. The molecular weight excluding hydrogens is 220 g/mol. The van der Waals surface area contributed by atoms with Gasteiger partial charge < -0.3 is 4.74 Å². The first-order valence-corrected chi connectivity index (χ1v) is 6.76. The number of hydrogen-bond acceptors (Lipinski definition) is 1. The molecule has 1 aromatic rings. The Morgan fingerprint density at radius 2 is 1.94 bits per heavy atom. The van der Waals surface area contributed by atoms with Crippen molar-refractivity contribution >= 4 is 0 Å². The van der Waals surface area contributed by atoms with Crippen LogP contribution in [0.5, 0.6) is 5.75 Å². The second kappa shape index (κ2) is 7.11. The summed E-state index contributed by atoms with van der Waals surface area (Å²) in [6.07, 6.45) is 0.919. The summed E-state index contributed by atoms with van der Waals surface area (Å²) in [6, 6.07) is 6.54. The van der Waals surface area contributed by atoms with E-state index in [4.69, 9.17) is 4.74 Å². The van der Waals surface area contributed by atoms with Gasteiger partial charge in [-0.1, -0.05) is 32.9 Å². The van der Waals surface area contributed by atoms with Crippen molar-refractivity contribution in [3.63, 3.8) is 0 Å². The summed E-state index contributed by atoms with van der Waals surface area (Å²) in [4.78, 5) is 0. The minimum absolute atomic E-state index is 0.477. The van der Waals surface area contributed by atoms with Gasteiger partial charge in [-0.2, -0.15) is 0 Å². The maximum absolute atomic E-state index is 5.69. The summed E-state index contributed by atoms with van der Waals surface area (Å²) >= 11 is 0. The van der Waals surface area contributed by atoms with Gasteiger partial charge in [0.25, 0.3) is 0 Å². The smallest absolute Gasteiger partial charge is 0.122 e. The fourth-order valence-corrected chi connectivity index (χ4v) is 1.98. The zero-order valence-electron chi connectivity index (χ0n) is 12.2. The molecule has 1 rings (SSSR count). The van der Waals surface area contributed by atoms with Crippen LogP contribution in [0.4, 0.5) is 0 Å². The van der Waals surface area contributed by atoms with Crippen molar-refractivity contribution in [1.82, 2.24) is 0 Å². The van der Waals surface area contributed by atoms with E-state index in [1.54, 1.807) is 0 Å². The van der Waals surface area contributed by atoms with Crippen LogP contribution in [0.25, 0.3) is 0 Å². The SMILES string of the molecule is CC#CCC(C)c1ccc(OCC)c(C(C)C)c1. The third-order valence-corrected chi connectivity index (χ3v) is 3.11. The van der Waals surface area contributed by atoms with Gasteiger partial charge in [0.2, 0.25) is 0 Å². The minimum Gasteiger partial charge on any atom is -0.494 e. The lowest BCUT2D eigenvalue weighted by Gasteiger charge is -2.17. The van der Waals surface area contributed by atoms with E-state index in [0.717, 1.165) is 18.8 Å². The lowest BCUT2D eigenvalue weighted by molar-refractivity contribution is 0.335. The van der Waals surface area contributed by atoms with Gasteiger partial charge >= 0.3 is 0 Å². The molecule has 0 heterocycles. The first-order chi connectivity index (χ1) is 8.60. The highest BCUT2D eigenvalue weighted by Crippen LogP contribution is 2.31. The van der Waals surface area contributed by atoms with E-state index in [1.165, 1.54) is 11.1 Å². The molecule has 0 saturated heterocycles. The number of ether oxygens (including phenoxy) is 1. The van der Waals surface area contributed by atoms with Gasteiger partial charge in [0.1, 0.15) is 5.75 Å². The van der Waals surface area contributed by atoms with E-state index < -0.39 is 0 Å². The van der Waals surface area contributed by atoms with Gasteiger partial charge in [-0.3, -0.25) is 0 Å². The molecule has 0 amide bonds. The number of rotatable bonds is 5. The molecule has 0 aromatic heterocycles. The average molecular weight is 244 g/mol. The zero-order chi connectivity index (χ0) is 13.5. The topological polar surface area (TPSA) is 9.23 Å². The lowest BCUT2D eigenvalue weighted by Crippen LogP contribution is -2.01. The number of benzene rings is 1. The standard InChI is InChI=1S/C17H24O/c1-6-8-9-14(5)15-10-11-17(18-7-2)16(12-15)13(3)4/h10-14H,7,9H2,1-5H3. The largest absolute Gasteiger partial charge is 0.494 e. The highest BCUT2D eigenvalue weighted by atomic mass is 16.5. The molecule has 0 aliphatic heterocycles. The maximum atomic E-state index is 5.69. The summed E-state index contributed by atoms with van der Waals surface area (Å²) in [5.74, 6) is 8.09. The Morgan fingerprint density at radius 3 is 2.50 bits per heavy atom. The van der Waals surface area contributed by atoms with Crippen molar-refractivity contribution in [3.8, 4) is 17.6 Å². The molecule has 0 spiro atoms. The lowest BCUT2D eigenvalue weighted by atomic mass is 9.92. The molecule has 1 aromatic carbocycles. The minimum atomic E-state index is 0.477. The van der Waals surface area contributed by atoms with Crippen molar-refractivity contribution in [1.29, 1.82) is 0 Å². The second-order valence-electron chi connectivity index (χ2n) is 4.92. The summed E-state index contributed by atoms with van der Waals surface area (Å²) in [6.45, 7) is 11.3. The van der Waals surface area contributed by atoms with E-state index in [9.17, 15) is 0 Å². The van der Waals surface area contributed by atoms with Crippen LogP contribution in [0.15, 0.2) is 18.2 Å². The molecule has 0 aliphatic rings. The fraction of sp³-hybridized carbons (Fsp3) is 0.529. The summed E-state index contributed by atoms with van der Waals surface area (Å²) in [5.41, 5.74) is 2.65. The average Bonchev–Trinajstić information content (AvgIpc) is 2.36.